The van der Waals surface area contributed by atoms with Crippen LogP contribution in [0.2, 0.25) is 0 Å². The third-order valence-electron chi connectivity index (χ3n) is 2.62. The molecule has 0 spiro atoms. The molecule has 3 unspecified atom stereocenters. The van der Waals surface area contributed by atoms with Gasteiger partial charge in [-0.1, -0.05) is 26.0 Å². The Morgan fingerprint density at radius 2 is 2.27 bits per heavy atom. The summed E-state index contributed by atoms with van der Waals surface area (Å²) < 4.78 is 0. The van der Waals surface area contributed by atoms with Crippen LogP contribution in [-0.2, 0) is 4.79 Å². The first-order chi connectivity index (χ1) is 5.27. The van der Waals surface area contributed by atoms with E-state index < -0.39 is 0 Å². The third kappa shape index (κ3) is 1.92. The van der Waals surface area contributed by atoms with Crippen LogP contribution in [0.5, 0.6) is 0 Å². The normalized spacial score (nSPS) is 37.1. The average molecular weight is 152 g/mol. The lowest BCUT2D eigenvalue weighted by molar-refractivity contribution is -0.111. The second kappa shape index (κ2) is 3.70. The first-order valence-corrected chi connectivity index (χ1v) is 4.41. The minimum absolute atomic E-state index is 0.179. The highest BCUT2D eigenvalue weighted by Crippen LogP contribution is 2.28. The van der Waals surface area contributed by atoms with Crippen molar-refractivity contribution in [3.8, 4) is 0 Å². The van der Waals surface area contributed by atoms with Crippen molar-refractivity contribution in [1.82, 2.24) is 0 Å². The zero-order chi connectivity index (χ0) is 8.27. The number of hydrogen-bond acceptors (Lipinski definition) is 1. The molecule has 0 aliphatic heterocycles. The largest absolute Gasteiger partial charge is 0.303 e. The van der Waals surface area contributed by atoms with E-state index in [2.05, 4.69) is 26.0 Å². The molecule has 1 nitrogen and oxygen atoms in total. The number of carbonyl (C=O) groups excluding carboxylic acids is 1. The first-order valence-electron chi connectivity index (χ1n) is 4.41. The molecule has 1 aliphatic carbocycles. The van der Waals surface area contributed by atoms with Gasteiger partial charge in [-0.2, -0.15) is 0 Å². The lowest BCUT2D eigenvalue weighted by Crippen LogP contribution is -2.18. The molecule has 1 aliphatic rings. The molecule has 11 heavy (non-hydrogen) atoms. The van der Waals surface area contributed by atoms with Gasteiger partial charge in [0.1, 0.15) is 6.29 Å². The Morgan fingerprint density at radius 3 is 2.73 bits per heavy atom. The van der Waals surface area contributed by atoms with Gasteiger partial charge < -0.3 is 4.79 Å². The highest BCUT2D eigenvalue weighted by molar-refractivity contribution is 5.57. The molecule has 3 atom stereocenters. The van der Waals surface area contributed by atoms with Crippen molar-refractivity contribution in [2.24, 2.45) is 17.8 Å². The quantitative estimate of drug-likeness (QED) is 0.438. The summed E-state index contributed by atoms with van der Waals surface area (Å²) in [5.41, 5.74) is 0. The number of allylic oxidation sites excluding steroid dienone is 2. The van der Waals surface area contributed by atoms with E-state index in [9.17, 15) is 4.79 Å². The van der Waals surface area contributed by atoms with E-state index in [0.717, 1.165) is 6.29 Å². The van der Waals surface area contributed by atoms with Gasteiger partial charge in [-0.25, -0.2) is 0 Å². The minimum Gasteiger partial charge on any atom is -0.303 e. The number of carbonyl (C=O) groups is 1. The molecule has 0 bridgehead atoms. The van der Waals surface area contributed by atoms with Crippen LogP contribution >= 0.6 is 0 Å². The van der Waals surface area contributed by atoms with E-state index in [0.29, 0.717) is 11.8 Å². The van der Waals surface area contributed by atoms with E-state index in [1.165, 1.54) is 12.8 Å². The van der Waals surface area contributed by atoms with Crippen LogP contribution in [0.1, 0.15) is 26.7 Å². The number of aldehydes is 1. The predicted octanol–water partition coefficient (Wildman–Crippen LogP) is 2.42. The smallest absolute Gasteiger partial charge is 0.127 e. The standard InChI is InChI=1S/C10H16O/c1-3-9-4-5-10(7-11)8(2)6-9/h4-5,7-10H,3,6H2,1-2H3. The Balaban J connectivity index is 2.58. The van der Waals surface area contributed by atoms with E-state index in [-0.39, 0.29) is 5.92 Å². The topological polar surface area (TPSA) is 17.1 Å². The van der Waals surface area contributed by atoms with Gasteiger partial charge in [-0.3, -0.25) is 0 Å². The monoisotopic (exact) mass is 152 g/mol. The van der Waals surface area contributed by atoms with Gasteiger partial charge in [0.15, 0.2) is 0 Å². The van der Waals surface area contributed by atoms with E-state index in [4.69, 9.17) is 0 Å². The maximum atomic E-state index is 10.5. The molecule has 0 aromatic heterocycles. The molecule has 0 fully saturated rings. The van der Waals surface area contributed by atoms with Crippen molar-refractivity contribution in [3.05, 3.63) is 12.2 Å². The summed E-state index contributed by atoms with van der Waals surface area (Å²) in [4.78, 5) is 10.5. The van der Waals surface area contributed by atoms with Crippen LogP contribution in [0.3, 0.4) is 0 Å². The summed E-state index contributed by atoms with van der Waals surface area (Å²) in [7, 11) is 0. The molecule has 0 saturated heterocycles. The first kappa shape index (κ1) is 8.51. The summed E-state index contributed by atoms with van der Waals surface area (Å²) >= 11 is 0. The maximum absolute atomic E-state index is 10.5. The maximum Gasteiger partial charge on any atom is 0.127 e. The van der Waals surface area contributed by atoms with Crippen LogP contribution in [0, 0.1) is 17.8 Å². The molecule has 62 valence electrons. The Morgan fingerprint density at radius 1 is 1.55 bits per heavy atom. The summed E-state index contributed by atoms with van der Waals surface area (Å²) in [6.45, 7) is 4.36. The third-order valence-corrected chi connectivity index (χ3v) is 2.62. The van der Waals surface area contributed by atoms with Crippen LogP contribution < -0.4 is 0 Å². The Hall–Kier alpha value is -0.590. The van der Waals surface area contributed by atoms with Crippen LogP contribution in [-0.4, -0.2) is 6.29 Å². The fraction of sp³-hybridized carbons (Fsp3) is 0.700. The fourth-order valence-corrected chi connectivity index (χ4v) is 1.67. The van der Waals surface area contributed by atoms with E-state index in [1.807, 2.05) is 0 Å². The second-order valence-corrected chi connectivity index (χ2v) is 3.48. The molecule has 0 N–H and O–H groups in total. The zero-order valence-electron chi connectivity index (χ0n) is 7.29. The van der Waals surface area contributed by atoms with Crippen molar-refractivity contribution in [1.29, 1.82) is 0 Å². The SMILES string of the molecule is CCC1C=CC(C=O)C(C)C1. The van der Waals surface area contributed by atoms with Gasteiger partial charge in [-0.15, -0.1) is 0 Å². The Kier molecular flexibility index (Phi) is 2.86. The van der Waals surface area contributed by atoms with Crippen molar-refractivity contribution in [3.63, 3.8) is 0 Å². The molecule has 0 radical (unpaired) electrons. The fourth-order valence-electron chi connectivity index (χ4n) is 1.67. The van der Waals surface area contributed by atoms with Crippen LogP contribution in [0.25, 0.3) is 0 Å². The van der Waals surface area contributed by atoms with Crippen molar-refractivity contribution < 1.29 is 4.79 Å². The number of hydrogen-bond donors (Lipinski definition) is 0. The van der Waals surface area contributed by atoms with Crippen molar-refractivity contribution in [2.75, 3.05) is 0 Å². The van der Waals surface area contributed by atoms with Gasteiger partial charge >= 0.3 is 0 Å². The predicted molar refractivity (Wildman–Crippen MR) is 46.3 cm³/mol. The second-order valence-electron chi connectivity index (χ2n) is 3.48. The Bertz CT molecular complexity index is 160. The summed E-state index contributed by atoms with van der Waals surface area (Å²) in [6, 6.07) is 0. The lowest BCUT2D eigenvalue weighted by Gasteiger charge is -2.24. The van der Waals surface area contributed by atoms with Crippen molar-refractivity contribution >= 4 is 6.29 Å². The van der Waals surface area contributed by atoms with Crippen LogP contribution in [0.4, 0.5) is 0 Å². The molecule has 1 rings (SSSR count). The zero-order valence-corrected chi connectivity index (χ0v) is 7.29. The minimum atomic E-state index is 0.179. The summed E-state index contributed by atoms with van der Waals surface area (Å²) in [5, 5.41) is 0. The highest BCUT2D eigenvalue weighted by atomic mass is 16.1. The Labute approximate surface area is 68.5 Å². The van der Waals surface area contributed by atoms with Crippen molar-refractivity contribution in [2.45, 2.75) is 26.7 Å². The molecular formula is C10H16O. The molecule has 0 amide bonds. The molecule has 0 heterocycles. The lowest BCUT2D eigenvalue weighted by atomic mass is 9.80. The molecule has 0 saturated carbocycles. The highest BCUT2D eigenvalue weighted by Gasteiger charge is 2.20. The van der Waals surface area contributed by atoms with E-state index >= 15 is 0 Å². The molecule has 0 aromatic carbocycles. The van der Waals surface area contributed by atoms with Gasteiger partial charge in [0.05, 0.1) is 0 Å². The molecular weight excluding hydrogens is 136 g/mol. The molecule has 1 heteroatoms. The summed E-state index contributed by atoms with van der Waals surface area (Å²) in [5.74, 6) is 1.43. The van der Waals surface area contributed by atoms with Gasteiger partial charge in [0.25, 0.3) is 0 Å². The summed E-state index contributed by atoms with van der Waals surface area (Å²) in [6.07, 6.45) is 7.70. The van der Waals surface area contributed by atoms with Gasteiger partial charge in [0, 0.05) is 5.92 Å². The van der Waals surface area contributed by atoms with Crippen LogP contribution in [0.15, 0.2) is 12.2 Å². The van der Waals surface area contributed by atoms with Gasteiger partial charge in [0.2, 0.25) is 0 Å². The van der Waals surface area contributed by atoms with E-state index in [1.54, 1.807) is 0 Å². The van der Waals surface area contributed by atoms with Gasteiger partial charge in [-0.05, 0) is 24.7 Å². The average Bonchev–Trinajstić information content (AvgIpc) is 2.04. The molecule has 0 aromatic rings. The number of rotatable bonds is 2.